The smallest absolute Gasteiger partial charge is 0.364 e. The van der Waals surface area contributed by atoms with Gasteiger partial charge in [0, 0.05) is 4.57 Å². The molecule has 0 bridgehead atoms. The summed E-state index contributed by atoms with van der Waals surface area (Å²) in [6, 6.07) is 0. The summed E-state index contributed by atoms with van der Waals surface area (Å²) in [6.07, 6.45) is -0.0152. The second kappa shape index (κ2) is 2.55. The van der Waals surface area contributed by atoms with E-state index in [1.54, 1.807) is 0 Å². The molecule has 10 heavy (non-hydrogen) atoms. The Balaban J connectivity index is 2.13. The van der Waals surface area contributed by atoms with Crippen LogP contribution in [0.15, 0.2) is 0 Å². The molecule has 0 aromatic carbocycles. The molecule has 58 valence electrons. The summed E-state index contributed by atoms with van der Waals surface area (Å²) in [5.74, 6) is 0. The number of epoxide rings is 1. The molecule has 2 atom stereocenters. The van der Waals surface area contributed by atoms with E-state index in [1.165, 1.54) is 0 Å². The quantitative estimate of drug-likeness (QED) is 0.497. The van der Waals surface area contributed by atoms with Gasteiger partial charge in [-0.3, -0.25) is 0 Å². The number of hydrogen-bond donors (Lipinski definition) is 1. The number of ether oxygens (including phenoxy) is 1. The monoisotopic (exact) mass is 165 g/mol. The van der Waals surface area contributed by atoms with Gasteiger partial charge in [-0.2, -0.15) is 0 Å². The van der Waals surface area contributed by atoms with Crippen molar-refractivity contribution >= 4 is 8.25 Å². The van der Waals surface area contributed by atoms with Crippen LogP contribution in [0.1, 0.15) is 13.8 Å². The minimum atomic E-state index is -2.46. The second-order valence-corrected chi connectivity index (χ2v) is 3.48. The van der Waals surface area contributed by atoms with Crippen molar-refractivity contribution in [1.82, 2.24) is 0 Å². The van der Waals surface area contributed by atoms with Crippen molar-refractivity contribution < 1.29 is 18.7 Å². The SMILES string of the molecule is CC1(C)OC1CO[P+](=O)O. The topological polar surface area (TPSA) is 59.1 Å². The van der Waals surface area contributed by atoms with Crippen molar-refractivity contribution in [3.63, 3.8) is 0 Å². The molecule has 1 saturated heterocycles. The zero-order valence-electron chi connectivity index (χ0n) is 5.90. The highest BCUT2D eigenvalue weighted by Gasteiger charge is 2.49. The summed E-state index contributed by atoms with van der Waals surface area (Å²) in [7, 11) is -2.46. The molecule has 0 aliphatic carbocycles. The van der Waals surface area contributed by atoms with Crippen LogP contribution in [0.3, 0.4) is 0 Å². The van der Waals surface area contributed by atoms with E-state index in [4.69, 9.17) is 9.63 Å². The van der Waals surface area contributed by atoms with Gasteiger partial charge in [0.05, 0.1) is 5.60 Å². The van der Waals surface area contributed by atoms with Gasteiger partial charge in [0.15, 0.2) is 0 Å². The molecule has 1 fully saturated rings. The predicted molar refractivity (Wildman–Crippen MR) is 34.7 cm³/mol. The summed E-state index contributed by atoms with van der Waals surface area (Å²) in [5.41, 5.74) is -0.161. The largest absolute Gasteiger partial charge is 0.694 e. The van der Waals surface area contributed by atoms with E-state index in [2.05, 4.69) is 4.52 Å². The van der Waals surface area contributed by atoms with Crippen LogP contribution < -0.4 is 0 Å². The van der Waals surface area contributed by atoms with E-state index in [9.17, 15) is 4.57 Å². The molecule has 0 spiro atoms. The third kappa shape index (κ3) is 1.99. The van der Waals surface area contributed by atoms with Crippen molar-refractivity contribution in [3.8, 4) is 0 Å². The van der Waals surface area contributed by atoms with Crippen LogP contribution in [-0.2, 0) is 13.8 Å². The summed E-state index contributed by atoms with van der Waals surface area (Å²) in [4.78, 5) is 8.23. The summed E-state index contributed by atoms with van der Waals surface area (Å²) >= 11 is 0. The molecule has 2 unspecified atom stereocenters. The van der Waals surface area contributed by atoms with Gasteiger partial charge in [-0.15, -0.1) is 9.42 Å². The van der Waals surface area contributed by atoms with E-state index in [1.807, 2.05) is 13.8 Å². The van der Waals surface area contributed by atoms with Gasteiger partial charge in [0.25, 0.3) is 0 Å². The van der Waals surface area contributed by atoms with E-state index in [0.717, 1.165) is 0 Å². The van der Waals surface area contributed by atoms with Crippen LogP contribution in [0.5, 0.6) is 0 Å². The van der Waals surface area contributed by atoms with Crippen molar-refractivity contribution in [2.45, 2.75) is 25.6 Å². The van der Waals surface area contributed by atoms with Gasteiger partial charge >= 0.3 is 8.25 Å². The van der Waals surface area contributed by atoms with E-state index in [0.29, 0.717) is 0 Å². The minimum absolute atomic E-state index is 0.0152. The molecule has 1 rings (SSSR count). The van der Waals surface area contributed by atoms with Crippen molar-refractivity contribution in [3.05, 3.63) is 0 Å². The third-order valence-electron chi connectivity index (χ3n) is 1.50. The zero-order chi connectivity index (χ0) is 7.78. The Morgan fingerprint density at radius 2 is 2.30 bits per heavy atom. The summed E-state index contributed by atoms with van der Waals surface area (Å²) in [5, 5.41) is 0. The fourth-order valence-corrected chi connectivity index (χ4v) is 0.962. The highest BCUT2D eigenvalue weighted by atomic mass is 31.1. The standard InChI is InChI=1S/C5H9O4P/c1-5(2)4(9-5)3-8-10(6)7/h4H,3H2,1-2H3/p+1. The Kier molecular flexibility index (Phi) is 2.06. The zero-order valence-corrected chi connectivity index (χ0v) is 6.80. The summed E-state index contributed by atoms with van der Waals surface area (Å²) < 4.78 is 19.5. The van der Waals surface area contributed by atoms with Crippen LogP contribution in [0, 0.1) is 0 Å². The van der Waals surface area contributed by atoms with E-state index < -0.39 is 8.25 Å². The Morgan fingerprint density at radius 1 is 1.80 bits per heavy atom. The first-order valence-corrected chi connectivity index (χ1v) is 4.12. The van der Waals surface area contributed by atoms with Gasteiger partial charge in [0.2, 0.25) is 0 Å². The molecule has 0 aromatic rings. The fourth-order valence-electron chi connectivity index (χ4n) is 0.699. The van der Waals surface area contributed by atoms with Crippen LogP contribution >= 0.6 is 8.25 Å². The van der Waals surface area contributed by atoms with Crippen LogP contribution in [0.4, 0.5) is 0 Å². The lowest BCUT2D eigenvalue weighted by molar-refractivity contribution is 0.239. The molecule has 0 radical (unpaired) electrons. The van der Waals surface area contributed by atoms with Crippen LogP contribution in [0.25, 0.3) is 0 Å². The fraction of sp³-hybridized carbons (Fsp3) is 1.00. The molecule has 0 amide bonds. The number of hydrogen-bond acceptors (Lipinski definition) is 3. The first-order valence-electron chi connectivity index (χ1n) is 2.99. The predicted octanol–water partition coefficient (Wildman–Crippen LogP) is 0.830. The van der Waals surface area contributed by atoms with Crippen molar-refractivity contribution in [2.75, 3.05) is 6.61 Å². The van der Waals surface area contributed by atoms with Crippen molar-refractivity contribution in [1.29, 1.82) is 0 Å². The molecule has 0 aromatic heterocycles. The van der Waals surface area contributed by atoms with Crippen LogP contribution in [-0.4, -0.2) is 23.2 Å². The maximum Gasteiger partial charge on any atom is 0.694 e. The van der Waals surface area contributed by atoms with Gasteiger partial charge in [-0.05, 0) is 13.8 Å². The van der Waals surface area contributed by atoms with E-state index in [-0.39, 0.29) is 18.3 Å². The Morgan fingerprint density at radius 3 is 2.60 bits per heavy atom. The number of rotatable bonds is 3. The Bertz CT molecular complexity index is 156. The lowest BCUT2D eigenvalue weighted by atomic mass is 10.1. The molecule has 1 aliphatic rings. The van der Waals surface area contributed by atoms with Crippen molar-refractivity contribution in [2.24, 2.45) is 0 Å². The summed E-state index contributed by atoms with van der Waals surface area (Å²) in [6.45, 7) is 4.02. The van der Waals surface area contributed by atoms with Crippen LogP contribution in [0.2, 0.25) is 0 Å². The molecular formula is C5H10O4P+. The lowest BCUT2D eigenvalue weighted by Crippen LogP contribution is -2.07. The molecule has 1 heterocycles. The molecule has 0 saturated carbocycles. The molecular weight excluding hydrogens is 155 g/mol. The highest BCUT2D eigenvalue weighted by molar-refractivity contribution is 7.32. The molecule has 5 heteroatoms. The maximum absolute atomic E-state index is 10.0. The first kappa shape index (κ1) is 8.08. The molecule has 4 nitrogen and oxygen atoms in total. The lowest BCUT2D eigenvalue weighted by Gasteiger charge is -1.88. The highest BCUT2D eigenvalue weighted by Crippen LogP contribution is 2.36. The maximum atomic E-state index is 10.0. The average Bonchev–Trinajstić information content (AvgIpc) is 2.35. The van der Waals surface area contributed by atoms with Gasteiger partial charge in [0.1, 0.15) is 12.7 Å². The third-order valence-corrected chi connectivity index (χ3v) is 1.87. The van der Waals surface area contributed by atoms with Gasteiger partial charge < -0.3 is 4.74 Å². The molecule has 1 aliphatic heterocycles. The minimum Gasteiger partial charge on any atom is -0.364 e. The van der Waals surface area contributed by atoms with E-state index >= 15 is 0 Å². The average molecular weight is 165 g/mol. The molecule has 1 N–H and O–H groups in total. The normalized spacial score (nSPS) is 29.9. The van der Waals surface area contributed by atoms with Gasteiger partial charge in [-0.1, -0.05) is 0 Å². The Hall–Kier alpha value is -0.0200. The first-order chi connectivity index (χ1) is 4.52. The van der Waals surface area contributed by atoms with Gasteiger partial charge in [-0.25, -0.2) is 0 Å². The Labute approximate surface area is 60.1 Å². The second-order valence-electron chi connectivity index (χ2n) is 2.74.